The van der Waals surface area contributed by atoms with Crippen LogP contribution in [0.2, 0.25) is 0 Å². The van der Waals surface area contributed by atoms with Crippen LogP contribution < -0.4 is 0 Å². The van der Waals surface area contributed by atoms with Gasteiger partial charge in [0.15, 0.2) is 0 Å². The number of rotatable bonds is 6. The van der Waals surface area contributed by atoms with Gasteiger partial charge in [-0.2, -0.15) is 0 Å². The fraction of sp³-hybridized carbons (Fsp3) is 0.667. The zero-order chi connectivity index (χ0) is 15.9. The monoisotopic (exact) mass is 311 g/mol. The highest BCUT2D eigenvalue weighted by Gasteiger charge is 2.29. The Morgan fingerprint density at radius 2 is 2.27 bits per heavy atom. The summed E-state index contributed by atoms with van der Waals surface area (Å²) in [6.45, 7) is 7.00. The fourth-order valence-corrected chi connectivity index (χ4v) is 2.89. The van der Waals surface area contributed by atoms with Crippen LogP contribution in [0.25, 0.3) is 0 Å². The van der Waals surface area contributed by atoms with E-state index >= 15 is 0 Å². The highest BCUT2D eigenvalue weighted by atomic mass is 19.1. The zero-order valence-electron chi connectivity index (χ0n) is 13.6. The van der Waals surface area contributed by atoms with Crippen LogP contribution in [0.4, 0.5) is 8.78 Å². The third kappa shape index (κ3) is 5.65. The van der Waals surface area contributed by atoms with Gasteiger partial charge in [0.05, 0.1) is 12.2 Å². The summed E-state index contributed by atoms with van der Waals surface area (Å²) in [4.78, 5) is 2.32. The topological polar surface area (TPSA) is 12.5 Å². The minimum atomic E-state index is -1.20. The number of likely N-dealkylation sites (tertiary alicyclic amines) is 1. The summed E-state index contributed by atoms with van der Waals surface area (Å²) in [7, 11) is 0. The Morgan fingerprint density at radius 1 is 1.45 bits per heavy atom. The molecule has 0 aromatic rings. The van der Waals surface area contributed by atoms with Gasteiger partial charge in [0.1, 0.15) is 12.0 Å². The zero-order valence-corrected chi connectivity index (χ0v) is 13.6. The quantitative estimate of drug-likeness (QED) is 0.676. The highest BCUT2D eigenvalue weighted by molar-refractivity contribution is 5.10. The molecule has 1 aliphatic carbocycles. The maximum Gasteiger partial charge on any atom is 0.123 e. The predicted molar refractivity (Wildman–Crippen MR) is 86.2 cm³/mol. The lowest BCUT2D eigenvalue weighted by Crippen LogP contribution is -2.30. The Bertz CT molecular complexity index is 444. The molecule has 1 heterocycles. The highest BCUT2D eigenvalue weighted by Crippen LogP contribution is 2.26. The Balaban J connectivity index is 1.71. The van der Waals surface area contributed by atoms with Crippen molar-refractivity contribution >= 4 is 0 Å². The van der Waals surface area contributed by atoms with Gasteiger partial charge < -0.3 is 4.74 Å². The first-order valence-corrected chi connectivity index (χ1v) is 8.27. The number of hydrogen-bond acceptors (Lipinski definition) is 2. The summed E-state index contributed by atoms with van der Waals surface area (Å²) in [5.74, 6) is -0.375. The van der Waals surface area contributed by atoms with E-state index in [2.05, 4.69) is 37.0 Å². The minimum absolute atomic E-state index is 0.101. The molecule has 4 heteroatoms. The smallest absolute Gasteiger partial charge is 0.123 e. The molecule has 22 heavy (non-hydrogen) atoms. The number of allylic oxidation sites excluding steroid dienone is 4. The van der Waals surface area contributed by atoms with Crippen molar-refractivity contribution in [2.75, 3.05) is 19.6 Å². The molecule has 2 rings (SSSR count). The van der Waals surface area contributed by atoms with E-state index in [-0.39, 0.29) is 30.9 Å². The van der Waals surface area contributed by atoms with E-state index < -0.39 is 6.17 Å². The maximum atomic E-state index is 13.3. The van der Waals surface area contributed by atoms with Crippen LogP contribution in [-0.4, -0.2) is 42.9 Å². The van der Waals surface area contributed by atoms with Crippen molar-refractivity contribution in [2.24, 2.45) is 0 Å². The Labute approximate surface area is 132 Å². The summed E-state index contributed by atoms with van der Waals surface area (Å²) >= 11 is 0. The molecule has 0 amide bonds. The second-order valence-corrected chi connectivity index (χ2v) is 6.29. The van der Waals surface area contributed by atoms with E-state index in [0.717, 1.165) is 38.6 Å². The van der Waals surface area contributed by atoms with E-state index in [1.54, 1.807) is 0 Å². The number of nitrogens with zero attached hydrogens (tertiary/aromatic N) is 1. The molecule has 0 bridgehead atoms. The molecule has 0 spiro atoms. The second-order valence-electron chi connectivity index (χ2n) is 6.29. The van der Waals surface area contributed by atoms with E-state index in [1.165, 1.54) is 5.57 Å². The SMILES string of the molecule is CC/C(C)=C\C=C\CN1CCC(OC2CC(F)=CC(F)C2)C1. The Hall–Kier alpha value is -1.00. The standard InChI is InChI=1S/C18H27F2NO/c1-3-14(2)6-4-5-8-21-9-7-17(13-21)22-18-11-15(19)10-16(20)12-18/h4-6,10,15,17-18H,3,7-9,11-13H2,1-2H3/b5-4+,14-6-. The molecule has 0 aromatic heterocycles. The summed E-state index contributed by atoms with van der Waals surface area (Å²) < 4.78 is 32.5. The van der Waals surface area contributed by atoms with Gasteiger partial charge in [-0.25, -0.2) is 8.78 Å². The fourth-order valence-electron chi connectivity index (χ4n) is 2.89. The van der Waals surface area contributed by atoms with E-state index in [4.69, 9.17) is 4.74 Å². The molecular weight excluding hydrogens is 284 g/mol. The first-order chi connectivity index (χ1) is 10.6. The van der Waals surface area contributed by atoms with Crippen LogP contribution in [0.3, 0.4) is 0 Å². The van der Waals surface area contributed by atoms with Gasteiger partial charge >= 0.3 is 0 Å². The summed E-state index contributed by atoms with van der Waals surface area (Å²) in [5, 5.41) is 0. The minimum Gasteiger partial charge on any atom is -0.373 e. The van der Waals surface area contributed by atoms with Crippen molar-refractivity contribution in [3.8, 4) is 0 Å². The van der Waals surface area contributed by atoms with Crippen LogP contribution in [0.5, 0.6) is 0 Å². The molecule has 2 aliphatic rings. The van der Waals surface area contributed by atoms with Crippen molar-refractivity contribution < 1.29 is 13.5 Å². The summed E-state index contributed by atoms with van der Waals surface area (Å²) in [6.07, 6.45) is 8.57. The van der Waals surface area contributed by atoms with Gasteiger partial charge in [0, 0.05) is 32.5 Å². The van der Waals surface area contributed by atoms with E-state index in [9.17, 15) is 8.78 Å². The van der Waals surface area contributed by atoms with Gasteiger partial charge in [0.25, 0.3) is 0 Å². The van der Waals surface area contributed by atoms with Crippen molar-refractivity contribution in [3.05, 3.63) is 35.7 Å². The Kier molecular flexibility index (Phi) is 6.77. The van der Waals surface area contributed by atoms with Gasteiger partial charge in [-0.05, 0) is 25.8 Å². The largest absolute Gasteiger partial charge is 0.373 e. The molecule has 0 saturated carbocycles. The van der Waals surface area contributed by atoms with Crippen LogP contribution in [0.15, 0.2) is 35.7 Å². The van der Waals surface area contributed by atoms with Crippen LogP contribution in [0.1, 0.15) is 39.5 Å². The van der Waals surface area contributed by atoms with Crippen LogP contribution in [-0.2, 0) is 4.74 Å². The maximum absolute atomic E-state index is 13.3. The lowest BCUT2D eigenvalue weighted by atomic mass is 10.0. The van der Waals surface area contributed by atoms with Crippen LogP contribution >= 0.6 is 0 Å². The van der Waals surface area contributed by atoms with Crippen molar-refractivity contribution in [1.29, 1.82) is 0 Å². The molecule has 1 fully saturated rings. The van der Waals surface area contributed by atoms with Crippen LogP contribution in [0, 0.1) is 0 Å². The van der Waals surface area contributed by atoms with Crippen molar-refractivity contribution in [2.45, 2.75) is 57.9 Å². The predicted octanol–water partition coefficient (Wildman–Crippen LogP) is 4.34. The van der Waals surface area contributed by atoms with Crippen molar-refractivity contribution in [3.63, 3.8) is 0 Å². The van der Waals surface area contributed by atoms with Gasteiger partial charge in [-0.15, -0.1) is 0 Å². The van der Waals surface area contributed by atoms with Gasteiger partial charge in [-0.3, -0.25) is 4.90 Å². The molecule has 0 N–H and O–H groups in total. The summed E-state index contributed by atoms with van der Waals surface area (Å²) in [5.41, 5.74) is 1.37. The first-order valence-electron chi connectivity index (χ1n) is 8.27. The van der Waals surface area contributed by atoms with E-state index in [1.807, 2.05) is 0 Å². The molecule has 0 aromatic carbocycles. The average molecular weight is 311 g/mol. The third-order valence-corrected chi connectivity index (χ3v) is 4.32. The molecule has 3 atom stereocenters. The lowest BCUT2D eigenvalue weighted by molar-refractivity contribution is -0.0235. The second kappa shape index (κ2) is 8.59. The molecule has 1 saturated heterocycles. The first kappa shape index (κ1) is 17.4. The molecule has 124 valence electrons. The van der Waals surface area contributed by atoms with Gasteiger partial charge in [-0.1, -0.05) is 30.7 Å². The molecular formula is C18H27F2NO. The number of ether oxygens (including phenoxy) is 1. The lowest BCUT2D eigenvalue weighted by Gasteiger charge is -2.25. The molecule has 1 aliphatic heterocycles. The normalized spacial score (nSPS) is 31.0. The van der Waals surface area contributed by atoms with E-state index in [0.29, 0.717) is 0 Å². The molecule has 3 unspecified atom stereocenters. The number of alkyl halides is 1. The van der Waals surface area contributed by atoms with Gasteiger partial charge in [0.2, 0.25) is 0 Å². The average Bonchev–Trinajstić information content (AvgIpc) is 2.89. The Morgan fingerprint density at radius 3 is 3.00 bits per heavy atom. The third-order valence-electron chi connectivity index (χ3n) is 4.32. The van der Waals surface area contributed by atoms with Crippen molar-refractivity contribution in [1.82, 2.24) is 4.90 Å². The molecule has 2 nitrogen and oxygen atoms in total. The number of hydrogen-bond donors (Lipinski definition) is 0. The summed E-state index contributed by atoms with van der Waals surface area (Å²) in [6, 6.07) is 0. The molecule has 0 radical (unpaired) electrons. The number of halogens is 2.